The zero-order valence-electron chi connectivity index (χ0n) is 19.7. The average Bonchev–Trinajstić information content (AvgIpc) is 3.45. The van der Waals surface area contributed by atoms with Crippen molar-refractivity contribution in [2.24, 2.45) is 0 Å². The van der Waals surface area contributed by atoms with Crippen LogP contribution in [0.4, 0.5) is 5.69 Å². The van der Waals surface area contributed by atoms with E-state index in [0.29, 0.717) is 28.8 Å². The fourth-order valence-electron chi connectivity index (χ4n) is 4.24. The zero-order chi connectivity index (χ0) is 26.1. The van der Waals surface area contributed by atoms with Gasteiger partial charge in [-0.25, -0.2) is 4.79 Å². The number of Topliss-reactive ketones (excluding diaryl/α,β-unsaturated/α-hetero) is 1. The van der Waals surface area contributed by atoms with Crippen LogP contribution in [-0.2, 0) is 9.53 Å². The number of aliphatic hydroxyl groups excluding tert-OH is 1. The molecule has 1 aliphatic heterocycles. The Bertz CT molecular complexity index is 1560. The lowest BCUT2D eigenvalue weighted by Gasteiger charge is -2.26. The third-order valence-electron chi connectivity index (χ3n) is 5.92. The number of rotatable bonds is 7. The molecule has 1 amide bonds. The monoisotopic (exact) mass is 560 g/mol. The maximum atomic E-state index is 13.7. The van der Waals surface area contributed by atoms with Crippen molar-refractivity contribution in [2.75, 3.05) is 11.5 Å². The van der Waals surface area contributed by atoms with E-state index in [9.17, 15) is 19.5 Å². The number of hydrogen-bond donors (Lipinski definition) is 1. The van der Waals surface area contributed by atoms with E-state index in [0.717, 1.165) is 4.47 Å². The van der Waals surface area contributed by atoms with Crippen LogP contribution in [0.15, 0.2) is 93.1 Å². The smallest absolute Gasteiger partial charge is 0.338 e. The average molecular weight is 561 g/mol. The van der Waals surface area contributed by atoms with Crippen LogP contribution in [0.25, 0.3) is 11.0 Å². The molecule has 0 aliphatic carbocycles. The molecule has 1 atom stereocenters. The summed E-state index contributed by atoms with van der Waals surface area (Å²) in [4.78, 5) is 45.2. The molecule has 1 aliphatic rings. The minimum atomic E-state index is -1.05. The van der Waals surface area contributed by atoms with Gasteiger partial charge in [-0.1, -0.05) is 35.0 Å². The summed E-state index contributed by atoms with van der Waals surface area (Å²) >= 11 is 3.40. The molecule has 0 spiro atoms. The van der Waals surface area contributed by atoms with Crippen molar-refractivity contribution in [3.63, 3.8) is 0 Å². The van der Waals surface area contributed by atoms with Gasteiger partial charge in [0.15, 0.2) is 11.5 Å². The standard InChI is InChI=1S/C28H21BrN2O6/c1-2-12-36-28(35)16-6-5-7-19(14-16)31-24(20-8-3-4-11-30-20)23(26(33)27(31)34)25(32)22-15-17-13-18(29)9-10-21(17)37-22/h3-11,13-15,24,33H,2,12H2,1H3. The predicted molar refractivity (Wildman–Crippen MR) is 139 cm³/mol. The molecule has 0 bridgehead atoms. The van der Waals surface area contributed by atoms with Crippen LogP contribution in [-0.4, -0.2) is 34.4 Å². The Morgan fingerprint density at radius 2 is 1.95 bits per heavy atom. The largest absolute Gasteiger partial charge is 0.503 e. The van der Waals surface area contributed by atoms with Gasteiger partial charge in [0.05, 0.1) is 23.4 Å². The quantitative estimate of drug-likeness (QED) is 0.220. The molecule has 0 fully saturated rings. The SMILES string of the molecule is CCCOC(=O)c1cccc(N2C(=O)C(O)=C(C(=O)c3cc4cc(Br)ccc4o3)C2c2ccccn2)c1. The molecular weight excluding hydrogens is 540 g/mol. The van der Waals surface area contributed by atoms with Crippen LogP contribution >= 0.6 is 15.9 Å². The first-order chi connectivity index (χ1) is 17.9. The second kappa shape index (κ2) is 10.0. The summed E-state index contributed by atoms with van der Waals surface area (Å²) in [7, 11) is 0. The van der Waals surface area contributed by atoms with Gasteiger partial charge >= 0.3 is 5.97 Å². The Kier molecular flexibility index (Phi) is 6.62. The van der Waals surface area contributed by atoms with Gasteiger partial charge in [-0.2, -0.15) is 0 Å². The molecule has 1 unspecified atom stereocenters. The van der Waals surface area contributed by atoms with Crippen molar-refractivity contribution < 1.29 is 28.6 Å². The number of fused-ring (bicyclic) bond motifs is 1. The number of aliphatic hydroxyl groups is 1. The van der Waals surface area contributed by atoms with E-state index in [4.69, 9.17) is 9.15 Å². The number of ether oxygens (including phenoxy) is 1. The number of ketones is 1. The fraction of sp³-hybridized carbons (Fsp3) is 0.143. The molecule has 8 nitrogen and oxygen atoms in total. The Hall–Kier alpha value is -4.24. The number of carbonyl (C=O) groups excluding carboxylic acids is 3. The van der Waals surface area contributed by atoms with Crippen molar-refractivity contribution in [3.05, 3.63) is 106 Å². The van der Waals surface area contributed by atoms with E-state index in [-0.39, 0.29) is 23.5 Å². The first kappa shape index (κ1) is 24.5. The first-order valence-corrected chi connectivity index (χ1v) is 12.4. The number of anilines is 1. The Morgan fingerprint density at radius 3 is 2.70 bits per heavy atom. The van der Waals surface area contributed by atoms with Crippen molar-refractivity contribution in [1.82, 2.24) is 4.98 Å². The van der Waals surface area contributed by atoms with Crippen molar-refractivity contribution in [1.29, 1.82) is 0 Å². The molecule has 3 heterocycles. The Labute approximate surface area is 220 Å². The summed E-state index contributed by atoms with van der Waals surface area (Å²) in [6.45, 7) is 2.15. The van der Waals surface area contributed by atoms with E-state index in [1.165, 1.54) is 17.2 Å². The molecule has 2 aromatic heterocycles. The van der Waals surface area contributed by atoms with Crippen LogP contribution in [0.1, 0.15) is 46.0 Å². The maximum Gasteiger partial charge on any atom is 0.338 e. The number of halogens is 1. The first-order valence-electron chi connectivity index (χ1n) is 11.6. The lowest BCUT2D eigenvalue weighted by molar-refractivity contribution is -0.117. The highest BCUT2D eigenvalue weighted by molar-refractivity contribution is 9.10. The molecule has 37 heavy (non-hydrogen) atoms. The Balaban J connectivity index is 1.59. The number of furan rings is 1. The predicted octanol–water partition coefficient (Wildman–Crippen LogP) is 5.94. The van der Waals surface area contributed by atoms with Crippen molar-refractivity contribution >= 4 is 50.2 Å². The van der Waals surface area contributed by atoms with Gasteiger partial charge in [-0.15, -0.1) is 0 Å². The van der Waals surface area contributed by atoms with Crippen molar-refractivity contribution in [3.8, 4) is 0 Å². The summed E-state index contributed by atoms with van der Waals surface area (Å²) in [6.07, 6.45) is 2.20. The van der Waals surface area contributed by atoms with Gasteiger partial charge in [-0.05, 0) is 61.0 Å². The molecule has 2 aromatic carbocycles. The van der Waals surface area contributed by atoms with Gasteiger partial charge in [-0.3, -0.25) is 19.5 Å². The van der Waals surface area contributed by atoms with E-state index >= 15 is 0 Å². The molecule has 1 N–H and O–H groups in total. The molecule has 0 radical (unpaired) electrons. The van der Waals surface area contributed by atoms with Gasteiger partial charge in [0.1, 0.15) is 11.6 Å². The number of benzene rings is 2. The van der Waals surface area contributed by atoms with Crippen LogP contribution in [0.3, 0.4) is 0 Å². The normalized spacial score (nSPS) is 15.5. The number of pyridine rings is 1. The van der Waals surface area contributed by atoms with Gasteiger partial charge in [0.2, 0.25) is 5.78 Å². The highest BCUT2D eigenvalue weighted by Gasteiger charge is 2.46. The lowest BCUT2D eigenvalue weighted by atomic mass is 9.98. The van der Waals surface area contributed by atoms with E-state index in [1.54, 1.807) is 60.7 Å². The lowest BCUT2D eigenvalue weighted by Crippen LogP contribution is -2.31. The number of hydrogen-bond acceptors (Lipinski definition) is 7. The molecule has 0 saturated heterocycles. The van der Waals surface area contributed by atoms with Crippen LogP contribution < -0.4 is 4.90 Å². The molecule has 9 heteroatoms. The third kappa shape index (κ3) is 4.53. The number of amides is 1. The minimum absolute atomic E-state index is 0.0258. The maximum absolute atomic E-state index is 13.7. The van der Waals surface area contributed by atoms with Crippen LogP contribution in [0.2, 0.25) is 0 Å². The van der Waals surface area contributed by atoms with E-state index < -0.39 is 29.5 Å². The summed E-state index contributed by atoms with van der Waals surface area (Å²) in [5, 5.41) is 11.7. The van der Waals surface area contributed by atoms with E-state index in [2.05, 4.69) is 20.9 Å². The highest BCUT2D eigenvalue weighted by Crippen LogP contribution is 2.42. The Morgan fingerprint density at radius 1 is 1.11 bits per heavy atom. The number of aromatic nitrogens is 1. The number of nitrogens with zero attached hydrogens (tertiary/aromatic N) is 2. The second-order valence-corrected chi connectivity index (χ2v) is 9.32. The molecular formula is C28H21BrN2O6. The second-order valence-electron chi connectivity index (χ2n) is 8.40. The van der Waals surface area contributed by atoms with Crippen molar-refractivity contribution in [2.45, 2.75) is 19.4 Å². The summed E-state index contributed by atoms with van der Waals surface area (Å²) in [5.74, 6) is -2.71. The highest BCUT2D eigenvalue weighted by atomic mass is 79.9. The number of carbonyl (C=O) groups is 3. The molecule has 5 rings (SSSR count). The molecule has 4 aromatic rings. The van der Waals surface area contributed by atoms with E-state index in [1.807, 2.05) is 6.92 Å². The molecule has 186 valence electrons. The van der Waals surface area contributed by atoms with Gasteiger partial charge in [0.25, 0.3) is 5.91 Å². The topological polar surface area (TPSA) is 110 Å². The third-order valence-corrected chi connectivity index (χ3v) is 6.41. The van der Waals surface area contributed by atoms with Gasteiger partial charge < -0.3 is 14.3 Å². The fourth-order valence-corrected chi connectivity index (χ4v) is 4.62. The van der Waals surface area contributed by atoms with Crippen LogP contribution in [0.5, 0.6) is 0 Å². The zero-order valence-corrected chi connectivity index (χ0v) is 21.3. The summed E-state index contributed by atoms with van der Waals surface area (Å²) in [5.41, 5.74) is 1.22. The summed E-state index contributed by atoms with van der Waals surface area (Å²) < 4.78 is 11.8. The van der Waals surface area contributed by atoms with Crippen LogP contribution in [0, 0.1) is 0 Å². The van der Waals surface area contributed by atoms with Gasteiger partial charge in [0, 0.05) is 21.7 Å². The number of esters is 1. The minimum Gasteiger partial charge on any atom is -0.503 e. The summed E-state index contributed by atoms with van der Waals surface area (Å²) in [6, 6.07) is 17.2. The molecule has 0 saturated carbocycles.